The molecule has 1 rings (SSSR count). The highest BCUT2D eigenvalue weighted by molar-refractivity contribution is 7.89. The van der Waals surface area contributed by atoms with Gasteiger partial charge in [-0.25, -0.2) is 8.42 Å². The van der Waals surface area contributed by atoms with Crippen LogP contribution in [0.4, 0.5) is 0 Å². The third kappa shape index (κ3) is 4.56. The molecule has 21 heavy (non-hydrogen) atoms. The van der Waals surface area contributed by atoms with Crippen LogP contribution < -0.4 is 5.32 Å². The van der Waals surface area contributed by atoms with E-state index in [1.54, 1.807) is 16.6 Å². The Morgan fingerprint density at radius 1 is 1.24 bits per heavy atom. The molecule has 0 aliphatic heterocycles. The lowest BCUT2D eigenvalue weighted by molar-refractivity contribution is 0.419. The van der Waals surface area contributed by atoms with Gasteiger partial charge in [-0.3, -0.25) is 0 Å². The maximum absolute atomic E-state index is 12.7. The van der Waals surface area contributed by atoms with E-state index in [0.29, 0.717) is 24.5 Å². The van der Waals surface area contributed by atoms with Gasteiger partial charge >= 0.3 is 0 Å². The minimum Gasteiger partial charge on any atom is -0.349 e. The smallest absolute Gasteiger partial charge is 0.244 e. The number of aryl methyl sites for hydroxylation is 1. The summed E-state index contributed by atoms with van der Waals surface area (Å²) in [7, 11) is -1.50. The zero-order valence-electron chi connectivity index (χ0n) is 13.7. The fraction of sp³-hybridized carbons (Fsp3) is 0.733. The summed E-state index contributed by atoms with van der Waals surface area (Å²) in [5, 5.41) is 3.10. The number of nitrogens with one attached hydrogen (secondary N) is 1. The number of unbranched alkanes of at least 4 members (excludes halogenated alkanes) is 1. The molecule has 0 unspecified atom stereocenters. The Morgan fingerprint density at radius 3 is 2.48 bits per heavy atom. The minimum atomic E-state index is -3.38. The Bertz CT molecular complexity index is 500. The monoisotopic (exact) mass is 315 g/mol. The highest BCUT2D eigenvalue weighted by Crippen LogP contribution is 2.20. The molecule has 1 heterocycles. The lowest BCUT2D eigenvalue weighted by Gasteiger charge is -2.19. The van der Waals surface area contributed by atoms with Gasteiger partial charge in [-0.1, -0.05) is 27.2 Å². The first kappa shape index (κ1) is 18.2. The van der Waals surface area contributed by atoms with Gasteiger partial charge in [-0.05, 0) is 26.0 Å². The van der Waals surface area contributed by atoms with Crippen LogP contribution in [0.5, 0.6) is 0 Å². The summed E-state index contributed by atoms with van der Waals surface area (Å²) in [6, 6.07) is 1.80. The number of nitrogens with zero attached hydrogens (tertiary/aromatic N) is 2. The van der Waals surface area contributed by atoms with Crippen molar-refractivity contribution in [1.29, 1.82) is 0 Å². The van der Waals surface area contributed by atoms with Gasteiger partial charge in [0.2, 0.25) is 10.0 Å². The van der Waals surface area contributed by atoms with Crippen molar-refractivity contribution in [3.05, 3.63) is 18.0 Å². The Balaban J connectivity index is 3.08. The van der Waals surface area contributed by atoms with Gasteiger partial charge in [0.15, 0.2) is 0 Å². The number of hydrogen-bond acceptors (Lipinski definition) is 3. The molecule has 0 saturated carbocycles. The van der Waals surface area contributed by atoms with E-state index in [0.717, 1.165) is 31.5 Å². The number of hydrogen-bond donors (Lipinski definition) is 1. The fourth-order valence-corrected chi connectivity index (χ4v) is 3.93. The standard InChI is InChI=1S/C15H29N3O2S/c1-5-8-10-18(7-3)21(19,20)15-11-14(12-16-4)17(13-15)9-6-2/h11,13,16H,5-10,12H2,1-4H3. The van der Waals surface area contributed by atoms with Crippen molar-refractivity contribution in [2.24, 2.45) is 0 Å². The maximum Gasteiger partial charge on any atom is 0.244 e. The summed E-state index contributed by atoms with van der Waals surface area (Å²) < 4.78 is 29.1. The SMILES string of the molecule is CCCCN(CC)S(=O)(=O)c1cc(CNC)n(CCC)c1. The van der Waals surface area contributed by atoms with E-state index in [4.69, 9.17) is 0 Å². The predicted molar refractivity (Wildman–Crippen MR) is 86.8 cm³/mol. The molecule has 5 nitrogen and oxygen atoms in total. The highest BCUT2D eigenvalue weighted by atomic mass is 32.2. The quantitative estimate of drug-likeness (QED) is 0.721. The van der Waals surface area contributed by atoms with Crippen LogP contribution in [-0.2, 0) is 23.1 Å². The lowest BCUT2D eigenvalue weighted by atomic mass is 10.3. The molecule has 0 amide bonds. The molecule has 0 bridgehead atoms. The van der Waals surface area contributed by atoms with E-state index in [1.165, 1.54) is 0 Å². The molecule has 1 N–H and O–H groups in total. The van der Waals surface area contributed by atoms with Gasteiger partial charge in [0.1, 0.15) is 4.90 Å². The highest BCUT2D eigenvalue weighted by Gasteiger charge is 2.24. The normalized spacial score (nSPS) is 12.2. The van der Waals surface area contributed by atoms with Crippen molar-refractivity contribution in [2.75, 3.05) is 20.1 Å². The summed E-state index contributed by atoms with van der Waals surface area (Å²) in [4.78, 5) is 0.416. The van der Waals surface area contributed by atoms with Crippen LogP contribution in [0.3, 0.4) is 0 Å². The van der Waals surface area contributed by atoms with Gasteiger partial charge in [0.25, 0.3) is 0 Å². The summed E-state index contributed by atoms with van der Waals surface area (Å²) in [6.07, 6.45) is 4.65. The predicted octanol–water partition coefficient (Wildman–Crippen LogP) is 2.43. The molecule has 0 aliphatic carbocycles. The Kier molecular flexibility index (Phi) is 7.42. The summed E-state index contributed by atoms with van der Waals surface area (Å²) >= 11 is 0. The first-order valence-electron chi connectivity index (χ1n) is 7.84. The zero-order chi connectivity index (χ0) is 15.9. The summed E-state index contributed by atoms with van der Waals surface area (Å²) in [5.41, 5.74) is 1.02. The fourth-order valence-electron chi connectivity index (χ4n) is 2.38. The summed E-state index contributed by atoms with van der Waals surface area (Å²) in [5.74, 6) is 0. The number of sulfonamides is 1. The molecule has 122 valence electrons. The average Bonchev–Trinajstić information content (AvgIpc) is 2.84. The largest absolute Gasteiger partial charge is 0.349 e. The second kappa shape index (κ2) is 8.56. The molecule has 0 aliphatic rings. The Labute approximate surface area is 129 Å². The van der Waals surface area contributed by atoms with Crippen molar-refractivity contribution in [3.63, 3.8) is 0 Å². The Morgan fingerprint density at radius 2 is 1.95 bits per heavy atom. The van der Waals surface area contributed by atoms with Crippen LogP contribution in [0.25, 0.3) is 0 Å². The van der Waals surface area contributed by atoms with Crippen molar-refractivity contribution in [2.45, 2.75) is 58.0 Å². The van der Waals surface area contributed by atoms with Crippen molar-refractivity contribution in [3.8, 4) is 0 Å². The van der Waals surface area contributed by atoms with Crippen LogP contribution in [-0.4, -0.2) is 37.4 Å². The molecule has 0 spiro atoms. The molecular formula is C15H29N3O2S. The van der Waals surface area contributed by atoms with Gasteiger partial charge in [0, 0.05) is 38.1 Å². The molecule has 0 saturated heterocycles. The molecule has 0 aromatic carbocycles. The molecular weight excluding hydrogens is 286 g/mol. The van der Waals surface area contributed by atoms with Gasteiger partial charge < -0.3 is 9.88 Å². The Hall–Kier alpha value is -0.850. The van der Waals surface area contributed by atoms with Crippen LogP contribution in [0.15, 0.2) is 17.2 Å². The van der Waals surface area contributed by atoms with E-state index in [1.807, 2.05) is 18.5 Å². The molecule has 0 atom stereocenters. The molecule has 1 aromatic rings. The molecule has 6 heteroatoms. The first-order valence-corrected chi connectivity index (χ1v) is 9.29. The first-order chi connectivity index (χ1) is 10.0. The molecule has 0 fully saturated rings. The number of aromatic nitrogens is 1. The summed E-state index contributed by atoms with van der Waals surface area (Å²) in [6.45, 7) is 8.69. The maximum atomic E-state index is 12.7. The van der Waals surface area contributed by atoms with Crippen molar-refractivity contribution < 1.29 is 8.42 Å². The van der Waals surface area contributed by atoms with Gasteiger partial charge in [0.05, 0.1) is 0 Å². The average molecular weight is 315 g/mol. The van der Waals surface area contributed by atoms with E-state index < -0.39 is 10.0 Å². The van der Waals surface area contributed by atoms with E-state index >= 15 is 0 Å². The van der Waals surface area contributed by atoms with E-state index in [2.05, 4.69) is 19.2 Å². The van der Waals surface area contributed by atoms with Crippen molar-refractivity contribution >= 4 is 10.0 Å². The topological polar surface area (TPSA) is 54.3 Å². The van der Waals surface area contributed by atoms with E-state index in [-0.39, 0.29) is 0 Å². The second-order valence-electron chi connectivity index (χ2n) is 5.24. The molecule has 1 aromatic heterocycles. The second-order valence-corrected chi connectivity index (χ2v) is 7.18. The third-order valence-electron chi connectivity index (χ3n) is 3.53. The van der Waals surface area contributed by atoms with Crippen LogP contribution >= 0.6 is 0 Å². The number of rotatable bonds is 10. The van der Waals surface area contributed by atoms with Crippen LogP contribution in [0.1, 0.15) is 45.7 Å². The third-order valence-corrected chi connectivity index (χ3v) is 5.47. The zero-order valence-corrected chi connectivity index (χ0v) is 14.5. The van der Waals surface area contributed by atoms with E-state index in [9.17, 15) is 8.42 Å². The molecule has 0 radical (unpaired) electrons. The lowest BCUT2D eigenvalue weighted by Crippen LogP contribution is -2.31. The van der Waals surface area contributed by atoms with Crippen molar-refractivity contribution in [1.82, 2.24) is 14.2 Å². The van der Waals surface area contributed by atoms with Crippen LogP contribution in [0, 0.1) is 0 Å². The van der Waals surface area contributed by atoms with Gasteiger partial charge in [-0.2, -0.15) is 4.31 Å². The van der Waals surface area contributed by atoms with Gasteiger partial charge in [-0.15, -0.1) is 0 Å². The van der Waals surface area contributed by atoms with Crippen LogP contribution in [0.2, 0.25) is 0 Å². The minimum absolute atomic E-state index is 0.416.